The molecule has 0 bridgehead atoms. The molecule has 0 spiro atoms. The van der Waals surface area contributed by atoms with Gasteiger partial charge in [-0.2, -0.15) is 0 Å². The van der Waals surface area contributed by atoms with Crippen LogP contribution in [0.15, 0.2) is 97.1 Å². The summed E-state index contributed by atoms with van der Waals surface area (Å²) in [7, 11) is 0. The highest BCUT2D eigenvalue weighted by molar-refractivity contribution is 6.29. The third kappa shape index (κ3) is 2.71. The number of para-hydroxylation sites is 3. The van der Waals surface area contributed by atoms with Crippen molar-refractivity contribution in [3.63, 3.8) is 0 Å². The van der Waals surface area contributed by atoms with E-state index in [1.807, 2.05) is 24.3 Å². The molecular weight excluding hydrogens is 428 g/mol. The number of aromatic amines is 1. The lowest BCUT2D eigenvalue weighted by Crippen LogP contribution is -1.95. The molecule has 33 heavy (non-hydrogen) atoms. The Kier molecular flexibility index (Phi) is 3.87. The lowest BCUT2D eigenvalue weighted by molar-refractivity contribution is 1.18. The maximum atomic E-state index is 6.33. The predicted molar refractivity (Wildman–Crippen MR) is 136 cm³/mol. The van der Waals surface area contributed by atoms with Gasteiger partial charge in [-0.15, -0.1) is 0 Å². The Morgan fingerprint density at radius 2 is 1.24 bits per heavy atom. The number of aromatic nitrogens is 4. The molecule has 0 unspecified atom stereocenters. The normalized spacial score (nSPS) is 11.8. The molecule has 4 aromatic carbocycles. The minimum Gasteiger partial charge on any atom is -0.351 e. The molecule has 3 aromatic heterocycles. The van der Waals surface area contributed by atoms with Crippen LogP contribution in [0, 0.1) is 0 Å². The number of H-pyrrole nitrogens is 1. The van der Waals surface area contributed by atoms with E-state index in [1.165, 1.54) is 21.8 Å². The highest BCUT2D eigenvalue weighted by Gasteiger charge is 2.15. The maximum absolute atomic E-state index is 6.33. The zero-order valence-corrected chi connectivity index (χ0v) is 18.2. The van der Waals surface area contributed by atoms with E-state index in [0.29, 0.717) is 0 Å². The topological polar surface area (TPSA) is 46.5 Å². The van der Waals surface area contributed by atoms with E-state index in [-0.39, 0.29) is 5.28 Å². The minimum absolute atomic E-state index is 0.244. The SMILES string of the molecule is Clc1nc(-c2ccc(-n3c4ccccc4c4ccccc43)cc2)c2[nH]c3ccccc3c2n1. The smallest absolute Gasteiger partial charge is 0.223 e. The molecule has 0 saturated carbocycles. The lowest BCUT2D eigenvalue weighted by atomic mass is 10.1. The Morgan fingerprint density at radius 3 is 1.94 bits per heavy atom. The molecule has 3 heterocycles. The van der Waals surface area contributed by atoms with E-state index in [4.69, 9.17) is 11.6 Å². The summed E-state index contributed by atoms with van der Waals surface area (Å²) >= 11 is 6.33. The van der Waals surface area contributed by atoms with Gasteiger partial charge in [-0.25, -0.2) is 9.97 Å². The summed E-state index contributed by atoms with van der Waals surface area (Å²) in [5.74, 6) is 0. The van der Waals surface area contributed by atoms with Gasteiger partial charge in [0.2, 0.25) is 5.28 Å². The second-order valence-corrected chi connectivity index (χ2v) is 8.49. The van der Waals surface area contributed by atoms with E-state index in [1.54, 1.807) is 0 Å². The van der Waals surface area contributed by atoms with Crippen molar-refractivity contribution in [2.75, 3.05) is 0 Å². The minimum atomic E-state index is 0.244. The van der Waals surface area contributed by atoms with Crippen molar-refractivity contribution in [1.29, 1.82) is 0 Å². The van der Waals surface area contributed by atoms with E-state index in [9.17, 15) is 0 Å². The Bertz CT molecular complexity index is 1770. The number of rotatable bonds is 2. The van der Waals surface area contributed by atoms with Crippen molar-refractivity contribution in [1.82, 2.24) is 19.5 Å². The third-order valence-corrected chi connectivity index (χ3v) is 6.47. The quantitative estimate of drug-likeness (QED) is 0.280. The average Bonchev–Trinajstić information content (AvgIpc) is 3.40. The summed E-state index contributed by atoms with van der Waals surface area (Å²) in [6, 6.07) is 33.6. The van der Waals surface area contributed by atoms with Gasteiger partial charge in [0.05, 0.1) is 22.2 Å². The van der Waals surface area contributed by atoms with E-state index in [2.05, 4.69) is 92.3 Å². The van der Waals surface area contributed by atoms with Crippen LogP contribution in [0.3, 0.4) is 0 Å². The molecule has 0 fully saturated rings. The Balaban J connectivity index is 1.43. The van der Waals surface area contributed by atoms with Crippen molar-refractivity contribution >= 4 is 55.3 Å². The second kappa shape index (κ2) is 6.92. The van der Waals surface area contributed by atoms with Crippen LogP contribution in [-0.2, 0) is 0 Å². The van der Waals surface area contributed by atoms with Gasteiger partial charge in [0.1, 0.15) is 5.52 Å². The standard InChI is InChI=1S/C28H17ClN4/c29-28-31-25(27-26(32-28)21-9-1-4-10-22(21)30-27)17-13-15-18(16-14-17)33-23-11-5-2-7-19(23)20-8-3-6-12-24(20)33/h1-16,30H. The molecule has 156 valence electrons. The maximum Gasteiger partial charge on any atom is 0.223 e. The van der Waals surface area contributed by atoms with Crippen molar-refractivity contribution in [2.24, 2.45) is 0 Å². The zero-order valence-electron chi connectivity index (χ0n) is 17.5. The number of nitrogens with zero attached hydrogens (tertiary/aromatic N) is 3. The van der Waals surface area contributed by atoms with Crippen LogP contribution in [0.25, 0.3) is 60.7 Å². The molecule has 1 N–H and O–H groups in total. The summed E-state index contributed by atoms with van der Waals surface area (Å²) in [6.45, 7) is 0. The van der Waals surface area contributed by atoms with Crippen molar-refractivity contribution in [2.45, 2.75) is 0 Å². The summed E-state index contributed by atoms with van der Waals surface area (Å²) in [5, 5.41) is 3.78. The first kappa shape index (κ1) is 18.4. The van der Waals surface area contributed by atoms with Gasteiger partial charge in [-0.05, 0) is 41.9 Å². The van der Waals surface area contributed by atoms with E-state index in [0.717, 1.165) is 38.9 Å². The molecule has 0 aliphatic carbocycles. The van der Waals surface area contributed by atoms with E-state index >= 15 is 0 Å². The lowest BCUT2D eigenvalue weighted by Gasteiger charge is -2.09. The molecule has 4 nitrogen and oxygen atoms in total. The number of benzene rings is 4. The average molecular weight is 445 g/mol. The van der Waals surface area contributed by atoms with Crippen molar-refractivity contribution < 1.29 is 0 Å². The van der Waals surface area contributed by atoms with Gasteiger partial charge in [-0.3, -0.25) is 0 Å². The molecule has 5 heteroatoms. The number of hydrogen-bond donors (Lipinski definition) is 1. The van der Waals surface area contributed by atoms with Gasteiger partial charge in [0.25, 0.3) is 0 Å². The van der Waals surface area contributed by atoms with Crippen molar-refractivity contribution in [3.05, 3.63) is 102 Å². The number of nitrogens with one attached hydrogen (secondary N) is 1. The van der Waals surface area contributed by atoms with Gasteiger partial charge < -0.3 is 9.55 Å². The number of hydrogen-bond acceptors (Lipinski definition) is 2. The summed E-state index contributed by atoms with van der Waals surface area (Å²) in [5.41, 5.74) is 8.02. The Labute approximate surface area is 194 Å². The van der Waals surface area contributed by atoms with Crippen LogP contribution in [0.2, 0.25) is 5.28 Å². The monoisotopic (exact) mass is 444 g/mol. The Morgan fingerprint density at radius 1 is 0.636 bits per heavy atom. The second-order valence-electron chi connectivity index (χ2n) is 8.15. The predicted octanol–water partition coefficient (Wildman–Crippen LogP) is 7.53. The summed E-state index contributed by atoms with van der Waals surface area (Å²) in [6.07, 6.45) is 0. The van der Waals surface area contributed by atoms with E-state index < -0.39 is 0 Å². The van der Waals surface area contributed by atoms with Crippen LogP contribution >= 0.6 is 11.6 Å². The molecule has 0 aliphatic rings. The molecule has 0 saturated heterocycles. The summed E-state index contributed by atoms with van der Waals surface area (Å²) in [4.78, 5) is 12.5. The van der Waals surface area contributed by atoms with Gasteiger partial charge in [-0.1, -0.05) is 66.7 Å². The van der Waals surface area contributed by atoms with Gasteiger partial charge >= 0.3 is 0 Å². The largest absolute Gasteiger partial charge is 0.351 e. The number of fused-ring (bicyclic) bond motifs is 6. The summed E-state index contributed by atoms with van der Waals surface area (Å²) < 4.78 is 2.31. The van der Waals surface area contributed by atoms with Gasteiger partial charge in [0, 0.05) is 32.9 Å². The number of halogens is 1. The van der Waals surface area contributed by atoms with Crippen LogP contribution in [0.5, 0.6) is 0 Å². The molecule has 0 radical (unpaired) electrons. The van der Waals surface area contributed by atoms with Crippen molar-refractivity contribution in [3.8, 4) is 16.9 Å². The fraction of sp³-hybridized carbons (Fsp3) is 0. The molecule has 7 aromatic rings. The Hall–Kier alpha value is -4.15. The highest BCUT2D eigenvalue weighted by Crippen LogP contribution is 2.34. The fourth-order valence-corrected chi connectivity index (χ4v) is 5.03. The van der Waals surface area contributed by atoms with Crippen LogP contribution < -0.4 is 0 Å². The molecule has 7 rings (SSSR count). The van der Waals surface area contributed by atoms with Crippen LogP contribution in [0.1, 0.15) is 0 Å². The molecule has 0 atom stereocenters. The molecule has 0 aliphatic heterocycles. The fourth-order valence-electron chi connectivity index (χ4n) is 4.86. The highest BCUT2D eigenvalue weighted by atomic mass is 35.5. The van der Waals surface area contributed by atoms with Crippen LogP contribution in [0.4, 0.5) is 0 Å². The first-order valence-corrected chi connectivity index (χ1v) is 11.2. The van der Waals surface area contributed by atoms with Crippen LogP contribution in [-0.4, -0.2) is 19.5 Å². The van der Waals surface area contributed by atoms with Gasteiger partial charge in [0.15, 0.2) is 0 Å². The first-order chi connectivity index (χ1) is 16.3. The first-order valence-electron chi connectivity index (χ1n) is 10.8. The molecule has 0 amide bonds. The molecular formula is C28H17ClN4. The third-order valence-electron chi connectivity index (χ3n) is 6.30. The zero-order chi connectivity index (χ0) is 21.9.